The lowest BCUT2D eigenvalue weighted by molar-refractivity contribution is 0.368. The Morgan fingerprint density at radius 3 is 1.60 bits per heavy atom. The molecule has 0 radical (unpaired) electrons. The van der Waals surface area contributed by atoms with E-state index in [1.165, 1.54) is 38.0 Å². The molecule has 116 valence electrons. The molecule has 0 unspecified atom stereocenters. The number of benzene rings is 1. The summed E-state index contributed by atoms with van der Waals surface area (Å²) in [5, 5.41) is 1.64. The maximum Gasteiger partial charge on any atom is 0.673 e. The van der Waals surface area contributed by atoms with Crippen LogP contribution in [0.3, 0.4) is 0 Å². The molecule has 20 heavy (non-hydrogen) atoms. The summed E-state index contributed by atoms with van der Waals surface area (Å²) in [6, 6.07) is 11.2. The predicted molar refractivity (Wildman–Crippen MR) is 84.1 cm³/mol. The zero-order valence-electron chi connectivity index (χ0n) is 12.2. The van der Waals surface area contributed by atoms with Crippen LogP contribution in [0.2, 0.25) is 0 Å². The summed E-state index contributed by atoms with van der Waals surface area (Å²) in [4.78, 5) is 0. The fraction of sp³-hybridized carbons (Fsp3) is 0.571. The van der Waals surface area contributed by atoms with Gasteiger partial charge in [-0.3, -0.25) is 0 Å². The van der Waals surface area contributed by atoms with Gasteiger partial charge in [-0.1, -0.05) is 44.9 Å². The Hall–Kier alpha value is -0.565. The molecule has 0 saturated carbocycles. The van der Waals surface area contributed by atoms with E-state index in [0.29, 0.717) is 0 Å². The number of unbranched alkanes of at least 4 members (excludes halogenated alkanes) is 2. The smallest absolute Gasteiger partial charge is 0.418 e. The van der Waals surface area contributed by atoms with Crippen molar-refractivity contribution in [3.8, 4) is 0 Å². The molecule has 1 aromatic carbocycles. The Labute approximate surface area is 120 Å². The molecule has 0 saturated heterocycles. The van der Waals surface area contributed by atoms with Crippen LogP contribution in [0.5, 0.6) is 0 Å². The lowest BCUT2D eigenvalue weighted by Crippen LogP contribution is -2.05. The van der Waals surface area contributed by atoms with Crippen molar-refractivity contribution in [2.75, 3.05) is 12.3 Å². The Bertz CT molecular complexity index is 316. The summed E-state index contributed by atoms with van der Waals surface area (Å²) < 4.78 is 39.0. The highest BCUT2D eigenvalue weighted by Crippen LogP contribution is 2.36. The van der Waals surface area contributed by atoms with Gasteiger partial charge in [-0.25, -0.2) is 0 Å². The minimum atomic E-state index is -6.00. The van der Waals surface area contributed by atoms with Gasteiger partial charge in [0.15, 0.2) is 0 Å². The van der Waals surface area contributed by atoms with E-state index in [4.69, 9.17) is 0 Å². The fourth-order valence-electron chi connectivity index (χ4n) is 1.87. The highest BCUT2D eigenvalue weighted by Gasteiger charge is 2.20. The standard InChI is InChI=1S/C14H23P.BF4/c1-3-5-12-15(13-6-4-2)14-10-8-7-9-11-14;2-1(3,4)5/h7-11H,3-6,12-13H2,1-2H3;/q;-1/p+1. The van der Waals surface area contributed by atoms with Gasteiger partial charge in [-0.2, -0.15) is 0 Å². The first-order valence-corrected chi connectivity index (χ1v) is 9.07. The minimum absolute atomic E-state index is 0.247. The molecule has 0 atom stereocenters. The molecule has 0 aliphatic rings. The molecule has 0 aliphatic heterocycles. The van der Waals surface area contributed by atoms with Gasteiger partial charge >= 0.3 is 7.25 Å². The summed E-state index contributed by atoms with van der Waals surface area (Å²) in [5.41, 5.74) is 0. The Morgan fingerprint density at radius 1 is 0.850 bits per heavy atom. The lowest BCUT2D eigenvalue weighted by atomic mass is 10.3. The molecule has 6 heteroatoms. The maximum atomic E-state index is 9.75. The first-order valence-electron chi connectivity index (χ1n) is 7.15. The maximum absolute atomic E-state index is 9.75. The van der Waals surface area contributed by atoms with E-state index in [-0.39, 0.29) is 7.92 Å². The molecule has 0 heterocycles. The third-order valence-corrected chi connectivity index (χ3v) is 5.91. The lowest BCUT2D eigenvalue weighted by Gasteiger charge is -2.09. The van der Waals surface area contributed by atoms with Crippen molar-refractivity contribution < 1.29 is 17.3 Å². The highest BCUT2D eigenvalue weighted by molar-refractivity contribution is 7.65. The van der Waals surface area contributed by atoms with E-state index in [1.807, 2.05) is 0 Å². The largest absolute Gasteiger partial charge is 0.673 e. The molecule has 0 spiro atoms. The van der Waals surface area contributed by atoms with Crippen LogP contribution in [-0.2, 0) is 0 Å². The van der Waals surface area contributed by atoms with Gasteiger partial charge < -0.3 is 17.3 Å². The van der Waals surface area contributed by atoms with Gasteiger partial charge in [0.25, 0.3) is 0 Å². The van der Waals surface area contributed by atoms with E-state index < -0.39 is 7.25 Å². The van der Waals surface area contributed by atoms with E-state index in [0.717, 1.165) is 0 Å². The summed E-state index contributed by atoms with van der Waals surface area (Å²) in [7, 11) is -6.25. The van der Waals surface area contributed by atoms with Crippen LogP contribution in [0.25, 0.3) is 0 Å². The average Bonchev–Trinajstić information content (AvgIpc) is 2.38. The zero-order chi connectivity index (χ0) is 15.4. The van der Waals surface area contributed by atoms with Crippen molar-refractivity contribution in [3.05, 3.63) is 30.3 Å². The van der Waals surface area contributed by atoms with Crippen molar-refractivity contribution in [2.24, 2.45) is 0 Å². The van der Waals surface area contributed by atoms with E-state index in [2.05, 4.69) is 44.2 Å². The molecular weight excluding hydrogens is 286 g/mol. The van der Waals surface area contributed by atoms with Crippen LogP contribution in [0, 0.1) is 0 Å². The van der Waals surface area contributed by atoms with E-state index >= 15 is 0 Å². The van der Waals surface area contributed by atoms with E-state index in [1.54, 1.807) is 5.30 Å². The van der Waals surface area contributed by atoms with Gasteiger partial charge in [-0.15, -0.1) is 0 Å². The second-order valence-electron chi connectivity index (χ2n) is 4.67. The third kappa shape index (κ3) is 12.5. The molecule has 0 N–H and O–H groups in total. The first-order chi connectivity index (χ1) is 9.38. The molecule has 0 fully saturated rings. The summed E-state index contributed by atoms with van der Waals surface area (Å²) in [6.45, 7) is 4.59. The Balaban J connectivity index is 0.000000621. The molecule has 0 bridgehead atoms. The van der Waals surface area contributed by atoms with Crippen molar-refractivity contribution >= 4 is 20.5 Å². The molecular formula is C14H24BF4P. The Kier molecular flexibility index (Phi) is 10.8. The van der Waals surface area contributed by atoms with Crippen LogP contribution >= 0.6 is 7.92 Å². The summed E-state index contributed by atoms with van der Waals surface area (Å²) in [6.07, 6.45) is 8.43. The molecule has 0 amide bonds. The Morgan fingerprint density at radius 2 is 1.25 bits per heavy atom. The fourth-order valence-corrected chi connectivity index (χ4v) is 4.92. The van der Waals surface area contributed by atoms with Crippen LogP contribution in [-0.4, -0.2) is 19.6 Å². The number of hydrogen-bond donors (Lipinski definition) is 0. The predicted octanol–water partition coefficient (Wildman–Crippen LogP) is 5.43. The molecule has 1 rings (SSSR count). The van der Waals surface area contributed by atoms with Gasteiger partial charge in [-0.05, 0) is 25.0 Å². The third-order valence-electron chi connectivity index (χ3n) is 2.85. The minimum Gasteiger partial charge on any atom is -0.418 e. The number of hydrogen-bond acceptors (Lipinski definition) is 0. The second-order valence-corrected chi connectivity index (χ2v) is 7.46. The van der Waals surface area contributed by atoms with Crippen molar-refractivity contribution in [1.29, 1.82) is 0 Å². The normalized spacial score (nSPS) is 11.2. The van der Waals surface area contributed by atoms with Gasteiger partial charge in [0, 0.05) is 7.92 Å². The molecule has 0 aliphatic carbocycles. The summed E-state index contributed by atoms with van der Waals surface area (Å²) >= 11 is 0. The van der Waals surface area contributed by atoms with Crippen molar-refractivity contribution in [1.82, 2.24) is 0 Å². The van der Waals surface area contributed by atoms with Crippen LogP contribution in [0.15, 0.2) is 30.3 Å². The van der Waals surface area contributed by atoms with Crippen LogP contribution < -0.4 is 5.30 Å². The number of rotatable bonds is 7. The average molecular weight is 310 g/mol. The quantitative estimate of drug-likeness (QED) is 0.358. The zero-order valence-corrected chi connectivity index (χ0v) is 13.2. The van der Waals surface area contributed by atoms with E-state index in [9.17, 15) is 17.3 Å². The van der Waals surface area contributed by atoms with Gasteiger partial charge in [0.2, 0.25) is 0 Å². The van der Waals surface area contributed by atoms with Crippen molar-refractivity contribution in [2.45, 2.75) is 39.5 Å². The topological polar surface area (TPSA) is 0 Å². The summed E-state index contributed by atoms with van der Waals surface area (Å²) in [5.74, 6) is 0. The van der Waals surface area contributed by atoms with Crippen LogP contribution in [0.1, 0.15) is 39.5 Å². The molecule has 1 aromatic rings. The van der Waals surface area contributed by atoms with Gasteiger partial charge in [0.1, 0.15) is 0 Å². The molecule has 0 nitrogen and oxygen atoms in total. The monoisotopic (exact) mass is 310 g/mol. The number of halogens is 4. The van der Waals surface area contributed by atoms with Crippen molar-refractivity contribution in [3.63, 3.8) is 0 Å². The van der Waals surface area contributed by atoms with Gasteiger partial charge in [0.05, 0.1) is 17.6 Å². The first kappa shape index (κ1) is 19.4. The highest BCUT2D eigenvalue weighted by atomic mass is 31.1. The SMILES string of the molecule is CCCC[PH+](CCCC)c1ccccc1.F[B-](F)(F)F. The van der Waals surface area contributed by atoms with Crippen LogP contribution in [0.4, 0.5) is 17.3 Å². The second kappa shape index (κ2) is 11.1. The molecule has 0 aromatic heterocycles.